The molecule has 0 bridgehead atoms. The van der Waals surface area contributed by atoms with Crippen LogP contribution in [0, 0.1) is 0 Å². The Morgan fingerprint density at radius 1 is 0.727 bits per heavy atom. The molecule has 22 heavy (non-hydrogen) atoms. The second-order valence-electron chi connectivity index (χ2n) is 5.16. The molecule has 0 radical (unpaired) electrons. The van der Waals surface area contributed by atoms with Crippen LogP contribution in [0.25, 0.3) is 21.8 Å². The summed E-state index contributed by atoms with van der Waals surface area (Å²) in [6.07, 6.45) is 0. The van der Waals surface area contributed by atoms with E-state index in [1.54, 1.807) is 24.3 Å². The Hall–Kier alpha value is -2.23. The molecule has 0 saturated heterocycles. The first kappa shape index (κ1) is 13.4. The van der Waals surface area contributed by atoms with Gasteiger partial charge in [0.1, 0.15) is 0 Å². The van der Waals surface area contributed by atoms with Crippen molar-refractivity contribution in [2.45, 2.75) is 0 Å². The summed E-state index contributed by atoms with van der Waals surface area (Å²) in [5.74, 6) is -0.0976. The zero-order valence-electron chi connectivity index (χ0n) is 11.3. The second kappa shape index (κ2) is 4.90. The van der Waals surface area contributed by atoms with Crippen LogP contribution in [0.3, 0.4) is 0 Å². The summed E-state index contributed by atoms with van der Waals surface area (Å²) < 4.78 is 0. The van der Waals surface area contributed by atoms with Gasteiger partial charge in [0.05, 0.1) is 11.4 Å². The maximum Gasteiger partial charge on any atom is 0.225 e. The molecule has 3 nitrogen and oxygen atoms in total. The molecule has 0 fully saturated rings. The fourth-order valence-electron chi connectivity index (χ4n) is 2.59. The van der Waals surface area contributed by atoms with E-state index >= 15 is 0 Å². The van der Waals surface area contributed by atoms with Crippen LogP contribution >= 0.6 is 23.2 Å². The molecule has 0 aliphatic heterocycles. The number of hydrogen-bond donors (Lipinski definition) is 2. The number of halogens is 2. The summed E-state index contributed by atoms with van der Waals surface area (Å²) in [5, 5.41) is 3.17. The molecular formula is C17H10Cl2N2O. The fraction of sp³-hybridized carbons (Fsp3) is 0. The van der Waals surface area contributed by atoms with Gasteiger partial charge in [0.2, 0.25) is 5.78 Å². The van der Waals surface area contributed by atoms with Crippen molar-refractivity contribution in [3.05, 3.63) is 70.0 Å². The lowest BCUT2D eigenvalue weighted by Gasteiger charge is -1.93. The van der Waals surface area contributed by atoms with Crippen molar-refractivity contribution in [1.29, 1.82) is 0 Å². The largest absolute Gasteiger partial charge is 0.352 e. The fourth-order valence-corrected chi connectivity index (χ4v) is 2.93. The predicted molar refractivity (Wildman–Crippen MR) is 90.0 cm³/mol. The van der Waals surface area contributed by atoms with E-state index in [1.165, 1.54) is 0 Å². The molecule has 0 aliphatic rings. The molecule has 108 valence electrons. The topological polar surface area (TPSA) is 48.6 Å². The van der Waals surface area contributed by atoms with Crippen LogP contribution in [-0.4, -0.2) is 15.8 Å². The van der Waals surface area contributed by atoms with Crippen molar-refractivity contribution in [2.24, 2.45) is 0 Å². The maximum absolute atomic E-state index is 12.6. The standard InChI is InChI=1S/C17H10Cl2N2O/c18-11-3-1-9-5-15(20-13(9)7-11)17(22)16-6-10-2-4-12(19)8-14(10)21-16/h1-8,20-21H. The number of H-pyrrole nitrogens is 2. The van der Waals surface area contributed by atoms with E-state index in [0.29, 0.717) is 21.4 Å². The van der Waals surface area contributed by atoms with Crippen molar-refractivity contribution in [2.75, 3.05) is 0 Å². The van der Waals surface area contributed by atoms with Crippen LogP contribution in [0.2, 0.25) is 10.0 Å². The minimum Gasteiger partial charge on any atom is -0.352 e. The first-order valence-electron chi connectivity index (χ1n) is 6.71. The van der Waals surface area contributed by atoms with Gasteiger partial charge in [-0.2, -0.15) is 0 Å². The summed E-state index contributed by atoms with van der Waals surface area (Å²) in [4.78, 5) is 18.8. The van der Waals surface area contributed by atoms with E-state index < -0.39 is 0 Å². The average Bonchev–Trinajstić information content (AvgIpc) is 3.08. The molecule has 2 aromatic heterocycles. The summed E-state index contributed by atoms with van der Waals surface area (Å²) in [6.45, 7) is 0. The van der Waals surface area contributed by atoms with Gasteiger partial charge in [0.25, 0.3) is 0 Å². The lowest BCUT2D eigenvalue weighted by atomic mass is 10.2. The number of aromatic nitrogens is 2. The number of fused-ring (bicyclic) bond motifs is 2. The van der Waals surface area contributed by atoms with Gasteiger partial charge < -0.3 is 9.97 Å². The van der Waals surface area contributed by atoms with Gasteiger partial charge in [-0.1, -0.05) is 35.3 Å². The van der Waals surface area contributed by atoms with Crippen molar-refractivity contribution in [1.82, 2.24) is 9.97 Å². The lowest BCUT2D eigenvalue weighted by molar-refractivity contribution is 0.103. The van der Waals surface area contributed by atoms with E-state index in [2.05, 4.69) is 9.97 Å². The molecule has 4 aromatic rings. The minimum absolute atomic E-state index is 0.0976. The highest BCUT2D eigenvalue weighted by atomic mass is 35.5. The summed E-state index contributed by atoms with van der Waals surface area (Å²) in [7, 11) is 0. The van der Waals surface area contributed by atoms with Crippen LogP contribution < -0.4 is 0 Å². The molecule has 0 unspecified atom stereocenters. The Kier molecular flexibility index (Phi) is 2.99. The first-order valence-corrected chi connectivity index (χ1v) is 7.47. The molecule has 0 atom stereocenters. The SMILES string of the molecule is O=C(c1cc2ccc(Cl)cc2[nH]1)c1cc2ccc(Cl)cc2[nH]1. The zero-order chi connectivity index (χ0) is 15.3. The predicted octanol–water partition coefficient (Wildman–Crippen LogP) is 5.19. The molecular weight excluding hydrogens is 319 g/mol. The van der Waals surface area contributed by atoms with Crippen LogP contribution in [0.5, 0.6) is 0 Å². The second-order valence-corrected chi connectivity index (χ2v) is 6.03. The molecule has 5 heteroatoms. The lowest BCUT2D eigenvalue weighted by Crippen LogP contribution is -2.01. The first-order chi connectivity index (χ1) is 10.6. The number of carbonyl (C=O) groups excluding carboxylic acids is 1. The van der Waals surface area contributed by atoms with Crippen molar-refractivity contribution in [3.8, 4) is 0 Å². The highest BCUT2D eigenvalue weighted by Crippen LogP contribution is 2.24. The number of aromatic amines is 2. The molecule has 2 aromatic carbocycles. The van der Waals surface area contributed by atoms with Crippen molar-refractivity contribution in [3.63, 3.8) is 0 Å². The van der Waals surface area contributed by atoms with Crippen LogP contribution in [0.4, 0.5) is 0 Å². The number of rotatable bonds is 2. The summed E-state index contributed by atoms with van der Waals surface area (Å²) >= 11 is 11.9. The number of nitrogens with one attached hydrogen (secondary N) is 2. The number of carbonyl (C=O) groups is 1. The Labute approximate surface area is 135 Å². The summed E-state index contributed by atoms with van der Waals surface area (Å²) in [6, 6.07) is 14.6. The minimum atomic E-state index is -0.0976. The summed E-state index contributed by atoms with van der Waals surface area (Å²) in [5.41, 5.74) is 2.73. The van der Waals surface area contributed by atoms with E-state index in [-0.39, 0.29) is 5.78 Å². The Bertz CT molecular complexity index is 948. The zero-order valence-corrected chi connectivity index (χ0v) is 12.8. The Morgan fingerprint density at radius 2 is 1.18 bits per heavy atom. The van der Waals surface area contributed by atoms with E-state index in [1.807, 2.05) is 24.3 Å². The van der Waals surface area contributed by atoms with Crippen LogP contribution in [0.1, 0.15) is 16.2 Å². The third-order valence-corrected chi connectivity index (χ3v) is 4.13. The maximum atomic E-state index is 12.6. The van der Waals surface area contributed by atoms with Gasteiger partial charge in [0.15, 0.2) is 0 Å². The van der Waals surface area contributed by atoms with Gasteiger partial charge in [-0.15, -0.1) is 0 Å². The quantitative estimate of drug-likeness (QED) is 0.489. The average molecular weight is 329 g/mol. The van der Waals surface area contributed by atoms with Gasteiger partial charge >= 0.3 is 0 Å². The van der Waals surface area contributed by atoms with Gasteiger partial charge in [0, 0.05) is 31.9 Å². The highest BCUT2D eigenvalue weighted by Gasteiger charge is 2.15. The van der Waals surface area contributed by atoms with Crippen LogP contribution in [0.15, 0.2) is 48.5 Å². The molecule has 0 spiro atoms. The molecule has 2 heterocycles. The molecule has 0 saturated carbocycles. The van der Waals surface area contributed by atoms with E-state index in [0.717, 1.165) is 21.8 Å². The monoisotopic (exact) mass is 328 g/mol. The van der Waals surface area contributed by atoms with Gasteiger partial charge in [-0.05, 0) is 36.4 Å². The van der Waals surface area contributed by atoms with Crippen LogP contribution in [-0.2, 0) is 0 Å². The molecule has 4 rings (SSSR count). The number of benzene rings is 2. The van der Waals surface area contributed by atoms with Gasteiger partial charge in [-0.25, -0.2) is 0 Å². The van der Waals surface area contributed by atoms with Crippen molar-refractivity contribution >= 4 is 50.8 Å². The third-order valence-electron chi connectivity index (χ3n) is 3.66. The van der Waals surface area contributed by atoms with Crippen molar-refractivity contribution < 1.29 is 4.79 Å². The normalized spacial score (nSPS) is 11.4. The number of hydrogen-bond acceptors (Lipinski definition) is 1. The molecule has 0 aliphatic carbocycles. The number of ketones is 1. The molecule has 0 amide bonds. The van der Waals surface area contributed by atoms with Gasteiger partial charge in [-0.3, -0.25) is 4.79 Å². The van der Waals surface area contributed by atoms with E-state index in [4.69, 9.17) is 23.2 Å². The highest BCUT2D eigenvalue weighted by molar-refractivity contribution is 6.31. The Balaban J connectivity index is 1.80. The third kappa shape index (κ3) is 2.19. The Morgan fingerprint density at radius 3 is 1.64 bits per heavy atom. The smallest absolute Gasteiger partial charge is 0.225 e. The van der Waals surface area contributed by atoms with E-state index in [9.17, 15) is 4.79 Å². The molecule has 2 N–H and O–H groups in total.